The van der Waals surface area contributed by atoms with Crippen LogP contribution in [0.1, 0.15) is 6.42 Å². The molecule has 6 heteroatoms. The van der Waals surface area contributed by atoms with Gasteiger partial charge in [0.15, 0.2) is 0 Å². The number of aromatic nitrogens is 2. The van der Waals surface area contributed by atoms with Gasteiger partial charge in [-0.3, -0.25) is 4.79 Å². The van der Waals surface area contributed by atoms with Gasteiger partial charge in [0.25, 0.3) is 0 Å². The molecule has 1 aliphatic heterocycles. The van der Waals surface area contributed by atoms with E-state index in [1.807, 2.05) is 0 Å². The zero-order chi connectivity index (χ0) is 10.7. The number of halogens is 1. The molecule has 0 saturated carbocycles. The van der Waals surface area contributed by atoms with Crippen molar-refractivity contribution in [2.45, 2.75) is 12.5 Å². The first-order valence-electron chi connectivity index (χ1n) is 4.71. The van der Waals surface area contributed by atoms with Gasteiger partial charge in [0, 0.05) is 31.5 Å². The Morgan fingerprint density at radius 3 is 2.87 bits per heavy atom. The Labute approximate surface area is 96.0 Å². The van der Waals surface area contributed by atoms with Crippen molar-refractivity contribution < 1.29 is 4.79 Å². The van der Waals surface area contributed by atoms with Gasteiger partial charge in [-0.2, -0.15) is 0 Å². The van der Waals surface area contributed by atoms with Crippen LogP contribution < -0.4 is 5.32 Å². The number of hydrogen-bond donors (Lipinski definition) is 1. The van der Waals surface area contributed by atoms with Gasteiger partial charge in [-0.25, -0.2) is 9.97 Å². The number of likely N-dealkylation sites (tertiary alicyclic amines) is 1. The van der Waals surface area contributed by atoms with E-state index in [4.69, 9.17) is 0 Å². The monoisotopic (exact) mass is 270 g/mol. The maximum atomic E-state index is 10.5. The molecule has 1 N–H and O–H groups in total. The number of amides is 1. The highest BCUT2D eigenvalue weighted by Gasteiger charge is 2.21. The number of nitrogens with one attached hydrogen (secondary N) is 1. The van der Waals surface area contributed by atoms with Crippen LogP contribution in [-0.4, -0.2) is 40.4 Å². The summed E-state index contributed by atoms with van der Waals surface area (Å²) in [5.74, 6) is 0.607. The number of anilines is 1. The van der Waals surface area contributed by atoms with Gasteiger partial charge in [-0.05, 0) is 22.4 Å². The number of hydrogen-bond acceptors (Lipinski definition) is 4. The summed E-state index contributed by atoms with van der Waals surface area (Å²) in [5, 5.41) is 3.19. The Bertz CT molecular complexity index is 342. The average Bonchev–Trinajstić information content (AvgIpc) is 2.69. The van der Waals surface area contributed by atoms with E-state index < -0.39 is 0 Å². The lowest BCUT2D eigenvalue weighted by atomic mass is 10.3. The zero-order valence-electron chi connectivity index (χ0n) is 8.06. The molecule has 0 radical (unpaired) electrons. The molecular formula is C9H11BrN4O. The Kier molecular flexibility index (Phi) is 3.15. The second-order valence-electron chi connectivity index (χ2n) is 3.46. The fourth-order valence-electron chi connectivity index (χ4n) is 1.57. The standard InChI is InChI=1S/C9H11BrN4O/c10-7-3-11-9(12-4-7)13-8-1-2-14(5-8)6-15/h3-4,6,8H,1-2,5H2,(H,11,12,13). The molecule has 1 amide bonds. The minimum Gasteiger partial charge on any atom is -0.350 e. The minimum atomic E-state index is 0.261. The quantitative estimate of drug-likeness (QED) is 0.829. The van der Waals surface area contributed by atoms with Crippen LogP contribution in [0.25, 0.3) is 0 Å². The maximum absolute atomic E-state index is 10.5. The van der Waals surface area contributed by atoms with Crippen LogP contribution in [0, 0.1) is 0 Å². The molecule has 5 nitrogen and oxygen atoms in total. The largest absolute Gasteiger partial charge is 0.350 e. The van der Waals surface area contributed by atoms with E-state index in [0.717, 1.165) is 30.4 Å². The fourth-order valence-corrected chi connectivity index (χ4v) is 1.78. The average molecular weight is 271 g/mol. The maximum Gasteiger partial charge on any atom is 0.222 e. The van der Waals surface area contributed by atoms with E-state index in [0.29, 0.717) is 5.95 Å². The molecule has 1 atom stereocenters. The van der Waals surface area contributed by atoms with E-state index in [1.54, 1.807) is 17.3 Å². The molecule has 1 saturated heterocycles. The Balaban J connectivity index is 1.92. The molecule has 0 aromatic carbocycles. The van der Waals surface area contributed by atoms with Crippen molar-refractivity contribution in [2.75, 3.05) is 18.4 Å². The molecule has 1 aromatic rings. The van der Waals surface area contributed by atoms with Crippen molar-refractivity contribution in [3.8, 4) is 0 Å². The Hall–Kier alpha value is -1.17. The first-order valence-corrected chi connectivity index (χ1v) is 5.50. The molecule has 1 unspecified atom stereocenters. The van der Waals surface area contributed by atoms with Crippen molar-refractivity contribution >= 4 is 28.3 Å². The normalized spacial score (nSPS) is 20.3. The van der Waals surface area contributed by atoms with Crippen molar-refractivity contribution in [2.24, 2.45) is 0 Å². The molecule has 1 aromatic heterocycles. The molecular weight excluding hydrogens is 260 g/mol. The topological polar surface area (TPSA) is 58.1 Å². The van der Waals surface area contributed by atoms with Crippen LogP contribution in [0.2, 0.25) is 0 Å². The molecule has 1 aliphatic rings. The Morgan fingerprint density at radius 2 is 2.27 bits per heavy atom. The smallest absolute Gasteiger partial charge is 0.222 e. The van der Waals surface area contributed by atoms with E-state index in [2.05, 4.69) is 31.2 Å². The van der Waals surface area contributed by atoms with Crippen LogP contribution >= 0.6 is 15.9 Å². The summed E-state index contributed by atoms with van der Waals surface area (Å²) < 4.78 is 0.856. The first kappa shape index (κ1) is 10.4. The minimum absolute atomic E-state index is 0.261. The van der Waals surface area contributed by atoms with Crippen LogP contribution in [-0.2, 0) is 4.79 Å². The predicted octanol–water partition coefficient (Wildman–Crippen LogP) is 0.882. The Morgan fingerprint density at radius 1 is 1.53 bits per heavy atom. The van der Waals surface area contributed by atoms with Crippen molar-refractivity contribution in [1.82, 2.24) is 14.9 Å². The number of nitrogens with zero attached hydrogens (tertiary/aromatic N) is 3. The summed E-state index contributed by atoms with van der Waals surface area (Å²) in [6, 6.07) is 0.261. The number of rotatable bonds is 3. The van der Waals surface area contributed by atoms with Gasteiger partial charge in [-0.15, -0.1) is 0 Å². The predicted molar refractivity (Wildman–Crippen MR) is 59.4 cm³/mol. The molecule has 0 aliphatic carbocycles. The molecule has 80 valence electrons. The van der Waals surface area contributed by atoms with Gasteiger partial charge in [0.05, 0.1) is 4.47 Å². The third-order valence-corrected chi connectivity index (χ3v) is 2.73. The lowest BCUT2D eigenvalue weighted by Crippen LogP contribution is -2.25. The summed E-state index contributed by atoms with van der Waals surface area (Å²) in [5.41, 5.74) is 0. The van der Waals surface area contributed by atoms with Crippen LogP contribution in [0.15, 0.2) is 16.9 Å². The van der Waals surface area contributed by atoms with Crippen LogP contribution in [0.5, 0.6) is 0 Å². The zero-order valence-corrected chi connectivity index (χ0v) is 9.64. The number of carbonyl (C=O) groups excluding carboxylic acids is 1. The van der Waals surface area contributed by atoms with Crippen molar-refractivity contribution in [1.29, 1.82) is 0 Å². The third kappa shape index (κ3) is 2.65. The SMILES string of the molecule is O=CN1CCC(Nc2ncc(Br)cn2)C1. The second-order valence-corrected chi connectivity index (χ2v) is 4.37. The molecule has 1 fully saturated rings. The van der Waals surface area contributed by atoms with Gasteiger partial charge in [0.2, 0.25) is 12.4 Å². The highest BCUT2D eigenvalue weighted by Crippen LogP contribution is 2.12. The summed E-state index contributed by atoms with van der Waals surface area (Å²) in [4.78, 5) is 20.5. The summed E-state index contributed by atoms with van der Waals surface area (Å²) in [6.07, 6.45) is 5.21. The highest BCUT2D eigenvalue weighted by molar-refractivity contribution is 9.10. The van der Waals surface area contributed by atoms with E-state index >= 15 is 0 Å². The summed E-state index contributed by atoms with van der Waals surface area (Å²) in [6.45, 7) is 1.53. The van der Waals surface area contributed by atoms with Gasteiger partial charge >= 0.3 is 0 Å². The highest BCUT2D eigenvalue weighted by atomic mass is 79.9. The van der Waals surface area contributed by atoms with E-state index in [-0.39, 0.29) is 6.04 Å². The molecule has 2 rings (SSSR count). The molecule has 15 heavy (non-hydrogen) atoms. The van der Waals surface area contributed by atoms with Crippen LogP contribution in [0.4, 0.5) is 5.95 Å². The molecule has 2 heterocycles. The van der Waals surface area contributed by atoms with Crippen molar-refractivity contribution in [3.05, 3.63) is 16.9 Å². The lowest BCUT2D eigenvalue weighted by molar-refractivity contribution is -0.117. The second kappa shape index (κ2) is 4.57. The fraction of sp³-hybridized carbons (Fsp3) is 0.444. The van der Waals surface area contributed by atoms with Crippen molar-refractivity contribution in [3.63, 3.8) is 0 Å². The lowest BCUT2D eigenvalue weighted by Gasteiger charge is -2.12. The summed E-state index contributed by atoms with van der Waals surface area (Å²) in [7, 11) is 0. The third-order valence-electron chi connectivity index (χ3n) is 2.32. The van der Waals surface area contributed by atoms with E-state index in [9.17, 15) is 4.79 Å². The first-order chi connectivity index (χ1) is 7.28. The van der Waals surface area contributed by atoms with Gasteiger partial charge in [-0.1, -0.05) is 0 Å². The molecule has 0 bridgehead atoms. The molecule has 0 spiro atoms. The summed E-state index contributed by atoms with van der Waals surface area (Å²) >= 11 is 3.27. The van der Waals surface area contributed by atoms with Crippen LogP contribution in [0.3, 0.4) is 0 Å². The van der Waals surface area contributed by atoms with Gasteiger partial charge in [0.1, 0.15) is 0 Å². The van der Waals surface area contributed by atoms with Gasteiger partial charge < -0.3 is 10.2 Å². The number of carbonyl (C=O) groups is 1. The van der Waals surface area contributed by atoms with E-state index in [1.165, 1.54) is 0 Å².